The van der Waals surface area contributed by atoms with Crippen molar-refractivity contribution in [3.8, 4) is 0 Å². The molecule has 0 bridgehead atoms. The summed E-state index contributed by atoms with van der Waals surface area (Å²) in [6.07, 6.45) is 3.89. The van der Waals surface area contributed by atoms with Gasteiger partial charge in [0.1, 0.15) is 0 Å². The Labute approximate surface area is 176 Å². The monoisotopic (exact) mass is 399 g/mol. The molecule has 5 heteroatoms. The Morgan fingerprint density at radius 3 is 2.28 bits per heavy atom. The zero-order chi connectivity index (χ0) is 22.2. The number of carbonyl (C=O) groups is 2. The summed E-state index contributed by atoms with van der Waals surface area (Å²) in [6.45, 7) is 12.0. The van der Waals surface area contributed by atoms with Crippen LogP contribution in [0.25, 0.3) is 0 Å². The number of likely N-dealkylation sites (N-methyl/N-ethyl adjacent to an activating group) is 1. The number of hydrogen-bond acceptors (Lipinski definition) is 3. The predicted molar refractivity (Wildman–Crippen MR) is 120 cm³/mol. The van der Waals surface area contributed by atoms with E-state index in [1.807, 2.05) is 64.1 Å². The molecule has 0 radical (unpaired) electrons. The Morgan fingerprint density at radius 2 is 1.79 bits per heavy atom. The summed E-state index contributed by atoms with van der Waals surface area (Å²) in [5.74, 6) is -0.271. The number of benzene rings is 1. The van der Waals surface area contributed by atoms with Crippen molar-refractivity contribution in [3.05, 3.63) is 47.5 Å². The van der Waals surface area contributed by atoms with Crippen LogP contribution in [0.15, 0.2) is 42.0 Å². The van der Waals surface area contributed by atoms with Gasteiger partial charge in [-0.1, -0.05) is 71.0 Å². The fourth-order valence-corrected chi connectivity index (χ4v) is 3.74. The Hall–Kier alpha value is -2.43. The lowest BCUT2D eigenvalue weighted by molar-refractivity contribution is -0.135. The minimum atomic E-state index is -0.334. The van der Waals surface area contributed by atoms with E-state index in [1.165, 1.54) is 6.21 Å². The summed E-state index contributed by atoms with van der Waals surface area (Å²) in [7, 11) is 1.75. The van der Waals surface area contributed by atoms with Crippen molar-refractivity contribution in [1.82, 2.24) is 10.2 Å². The van der Waals surface area contributed by atoms with E-state index < -0.39 is 0 Å². The van der Waals surface area contributed by atoms with Gasteiger partial charge in [-0.2, -0.15) is 0 Å². The van der Waals surface area contributed by atoms with E-state index in [0.29, 0.717) is 6.42 Å². The van der Waals surface area contributed by atoms with Crippen molar-refractivity contribution in [2.24, 2.45) is 11.8 Å². The number of nitrogens with zero attached hydrogens (tertiary/aromatic N) is 1. The molecular formula is C24H37N3O2. The molecule has 0 saturated heterocycles. The summed E-state index contributed by atoms with van der Waals surface area (Å²) < 4.78 is 0. The van der Waals surface area contributed by atoms with Gasteiger partial charge in [-0.3, -0.25) is 9.59 Å². The van der Waals surface area contributed by atoms with Crippen LogP contribution < -0.4 is 5.32 Å². The number of nitrogens with one attached hydrogen (secondary N) is 2. The summed E-state index contributed by atoms with van der Waals surface area (Å²) in [6, 6.07) is 9.89. The van der Waals surface area contributed by atoms with Crippen molar-refractivity contribution in [1.29, 1.82) is 5.41 Å². The minimum Gasteiger partial charge on any atom is -0.347 e. The molecule has 0 aromatic heterocycles. The van der Waals surface area contributed by atoms with Gasteiger partial charge in [0, 0.05) is 24.6 Å². The zero-order valence-corrected chi connectivity index (χ0v) is 19.0. The molecule has 1 aromatic carbocycles. The Kier molecular flexibility index (Phi) is 9.28. The van der Waals surface area contributed by atoms with E-state index in [0.717, 1.165) is 11.1 Å². The molecule has 0 heterocycles. The highest BCUT2D eigenvalue weighted by Gasteiger charge is 2.35. The van der Waals surface area contributed by atoms with Gasteiger partial charge in [0.25, 0.3) is 0 Å². The first-order valence-corrected chi connectivity index (χ1v) is 10.3. The van der Waals surface area contributed by atoms with Crippen LogP contribution in [0.4, 0.5) is 0 Å². The maximum atomic E-state index is 12.9. The quantitative estimate of drug-likeness (QED) is 0.579. The van der Waals surface area contributed by atoms with Crippen LogP contribution in [-0.4, -0.2) is 42.6 Å². The van der Waals surface area contributed by atoms with E-state index in [1.54, 1.807) is 11.9 Å². The van der Waals surface area contributed by atoms with Gasteiger partial charge in [-0.05, 0) is 30.4 Å². The lowest BCUT2D eigenvalue weighted by atomic mass is 9.71. The molecule has 0 unspecified atom stereocenters. The largest absolute Gasteiger partial charge is 0.347 e. The molecule has 1 aromatic rings. The smallest absolute Gasteiger partial charge is 0.242 e. The Bertz CT molecular complexity index is 723. The number of hydrogen-bond donors (Lipinski definition) is 2. The first-order valence-electron chi connectivity index (χ1n) is 10.3. The van der Waals surface area contributed by atoms with E-state index in [9.17, 15) is 9.59 Å². The van der Waals surface area contributed by atoms with Crippen LogP contribution in [0, 0.1) is 17.2 Å². The average molecular weight is 400 g/mol. The maximum Gasteiger partial charge on any atom is 0.242 e. The molecule has 0 aliphatic heterocycles. The van der Waals surface area contributed by atoms with Gasteiger partial charge in [-0.15, -0.1) is 0 Å². The maximum absolute atomic E-state index is 12.9. The first kappa shape index (κ1) is 24.6. The second-order valence-electron chi connectivity index (χ2n) is 8.56. The van der Waals surface area contributed by atoms with Gasteiger partial charge >= 0.3 is 0 Å². The molecule has 160 valence electrons. The third-order valence-corrected chi connectivity index (χ3v) is 5.71. The highest BCUT2D eigenvalue weighted by atomic mass is 16.2. The molecule has 0 fully saturated rings. The Morgan fingerprint density at radius 1 is 1.21 bits per heavy atom. The van der Waals surface area contributed by atoms with Gasteiger partial charge in [0.05, 0.1) is 12.6 Å². The first-order chi connectivity index (χ1) is 13.6. The van der Waals surface area contributed by atoms with E-state index in [4.69, 9.17) is 5.41 Å². The Balaban J connectivity index is 2.85. The van der Waals surface area contributed by atoms with Gasteiger partial charge in [0.2, 0.25) is 11.8 Å². The third kappa shape index (κ3) is 6.55. The van der Waals surface area contributed by atoms with E-state index in [2.05, 4.69) is 19.2 Å². The second-order valence-corrected chi connectivity index (χ2v) is 8.56. The van der Waals surface area contributed by atoms with Gasteiger partial charge in [0.15, 0.2) is 0 Å². The number of amides is 2. The molecule has 0 spiro atoms. The molecule has 0 saturated carbocycles. The molecule has 2 atom stereocenters. The summed E-state index contributed by atoms with van der Waals surface area (Å²) in [5.41, 5.74) is 1.58. The minimum absolute atomic E-state index is 0.0304. The van der Waals surface area contributed by atoms with E-state index in [-0.39, 0.29) is 41.7 Å². The molecule has 0 aliphatic carbocycles. The van der Waals surface area contributed by atoms with Crippen LogP contribution in [0.1, 0.15) is 53.5 Å². The zero-order valence-electron chi connectivity index (χ0n) is 19.0. The molecule has 29 heavy (non-hydrogen) atoms. The number of carbonyl (C=O) groups excluding carboxylic acids is 2. The molecule has 2 N–H and O–H groups in total. The molecule has 2 amide bonds. The lowest BCUT2D eigenvalue weighted by Crippen LogP contribution is -2.47. The van der Waals surface area contributed by atoms with Crippen LogP contribution in [0.3, 0.4) is 0 Å². The number of allylic oxidation sites excluding steroid dienone is 1. The summed E-state index contributed by atoms with van der Waals surface area (Å²) in [4.78, 5) is 27.3. The van der Waals surface area contributed by atoms with Crippen LogP contribution >= 0.6 is 0 Å². The SMILES string of the molecule is CC[C@H](C(=O)NCC(=O)N(C)[C@H](/C=C(\C)C=N)C(C)C)C(C)(C)c1ccccc1. The van der Waals surface area contributed by atoms with Crippen molar-refractivity contribution in [2.45, 2.75) is 59.4 Å². The second kappa shape index (κ2) is 10.9. The van der Waals surface area contributed by atoms with Crippen molar-refractivity contribution in [2.75, 3.05) is 13.6 Å². The van der Waals surface area contributed by atoms with Gasteiger partial charge < -0.3 is 15.6 Å². The van der Waals surface area contributed by atoms with Crippen molar-refractivity contribution in [3.63, 3.8) is 0 Å². The van der Waals surface area contributed by atoms with E-state index >= 15 is 0 Å². The van der Waals surface area contributed by atoms with Crippen LogP contribution in [0.2, 0.25) is 0 Å². The molecule has 0 aliphatic rings. The highest BCUT2D eigenvalue weighted by molar-refractivity contribution is 5.87. The molecular weight excluding hydrogens is 362 g/mol. The summed E-state index contributed by atoms with van der Waals surface area (Å²) in [5, 5.41) is 10.2. The van der Waals surface area contributed by atoms with Crippen LogP contribution in [0.5, 0.6) is 0 Å². The topological polar surface area (TPSA) is 73.3 Å². The highest BCUT2D eigenvalue weighted by Crippen LogP contribution is 2.33. The molecule has 5 nitrogen and oxygen atoms in total. The lowest BCUT2D eigenvalue weighted by Gasteiger charge is -2.34. The number of rotatable bonds is 10. The van der Waals surface area contributed by atoms with Gasteiger partial charge in [-0.25, -0.2) is 0 Å². The van der Waals surface area contributed by atoms with Crippen molar-refractivity contribution < 1.29 is 9.59 Å². The predicted octanol–water partition coefficient (Wildman–Crippen LogP) is 4.19. The fourth-order valence-electron chi connectivity index (χ4n) is 3.74. The fraction of sp³-hybridized carbons (Fsp3) is 0.542. The molecule has 1 rings (SSSR count). The third-order valence-electron chi connectivity index (χ3n) is 5.71. The standard InChI is InChI=1S/C24H37N3O2/c1-8-20(24(5,6)19-12-10-9-11-13-19)23(29)26-16-22(28)27(7)21(17(2)3)14-18(4)15-25/h9-15,17,20-21,25H,8,16H2,1-7H3,(H,26,29)/b18-14+,25-15?/t20-,21-/m1/s1. The van der Waals surface area contributed by atoms with Crippen LogP contribution in [-0.2, 0) is 15.0 Å². The summed E-state index contributed by atoms with van der Waals surface area (Å²) >= 11 is 0. The van der Waals surface area contributed by atoms with Crippen molar-refractivity contribution >= 4 is 18.0 Å². The normalized spacial score (nSPS) is 14.3. The average Bonchev–Trinajstić information content (AvgIpc) is 2.70.